The predicted molar refractivity (Wildman–Crippen MR) is 68.7 cm³/mol. The molecule has 1 saturated heterocycles. The Bertz CT molecular complexity index is 717. The predicted octanol–water partition coefficient (Wildman–Crippen LogP) is 1.34. The molecule has 5 nitrogen and oxygen atoms in total. The van der Waals surface area contributed by atoms with Crippen LogP contribution in [-0.2, 0) is 0 Å². The first-order chi connectivity index (χ1) is 8.65. The summed E-state index contributed by atoms with van der Waals surface area (Å²) < 4.78 is 1.81. The molecule has 1 aliphatic rings. The number of urea groups is 1. The molecular weight excluding hydrogens is 230 g/mol. The third-order valence-corrected chi connectivity index (χ3v) is 2.88. The molecule has 1 aliphatic heterocycles. The quantitative estimate of drug-likeness (QED) is 0.819. The number of carbonyl (C=O) groups excluding carboxylic acids is 1. The van der Waals surface area contributed by atoms with Crippen LogP contribution in [0.3, 0.4) is 0 Å². The second-order valence-electron chi connectivity index (χ2n) is 4.18. The topological polar surface area (TPSA) is 53.8 Å². The van der Waals surface area contributed by atoms with Crippen molar-refractivity contribution in [1.29, 1.82) is 0 Å². The van der Waals surface area contributed by atoms with Crippen LogP contribution in [0.25, 0.3) is 5.52 Å². The molecular formula is C13H11N3O2. The van der Waals surface area contributed by atoms with Crippen molar-refractivity contribution >= 4 is 17.2 Å². The molecule has 0 aromatic carbocycles. The molecule has 0 atom stereocenters. The summed E-state index contributed by atoms with van der Waals surface area (Å²) in [5.74, 6) is 0. The molecule has 1 N–H and O–H groups in total. The third-order valence-electron chi connectivity index (χ3n) is 2.88. The van der Waals surface area contributed by atoms with Crippen molar-refractivity contribution in [2.24, 2.45) is 0 Å². The number of aromatic nitrogens is 1. The van der Waals surface area contributed by atoms with E-state index >= 15 is 0 Å². The van der Waals surface area contributed by atoms with E-state index in [9.17, 15) is 9.59 Å². The average molecular weight is 241 g/mol. The summed E-state index contributed by atoms with van der Waals surface area (Å²) >= 11 is 0. The van der Waals surface area contributed by atoms with Crippen LogP contribution in [0.1, 0.15) is 0 Å². The minimum Gasteiger partial charge on any atom is -0.322 e. The first-order valence-electron chi connectivity index (χ1n) is 5.52. The molecule has 2 aromatic heterocycles. The maximum absolute atomic E-state index is 12.0. The van der Waals surface area contributed by atoms with Gasteiger partial charge in [0.05, 0.1) is 6.54 Å². The first kappa shape index (κ1) is 10.6. The van der Waals surface area contributed by atoms with Gasteiger partial charge in [-0.15, -0.1) is 0 Å². The third kappa shape index (κ3) is 1.57. The van der Waals surface area contributed by atoms with Gasteiger partial charge in [-0.1, -0.05) is 12.6 Å². The normalized spacial score (nSPS) is 15.2. The molecule has 0 bridgehead atoms. The van der Waals surface area contributed by atoms with E-state index in [1.807, 2.05) is 28.8 Å². The molecule has 90 valence electrons. The minimum atomic E-state index is -0.312. The van der Waals surface area contributed by atoms with Crippen molar-refractivity contribution in [2.75, 3.05) is 11.4 Å². The van der Waals surface area contributed by atoms with Crippen LogP contribution in [0.5, 0.6) is 0 Å². The highest BCUT2D eigenvalue weighted by molar-refractivity contribution is 5.96. The Morgan fingerprint density at radius 3 is 2.83 bits per heavy atom. The molecule has 0 radical (unpaired) electrons. The summed E-state index contributed by atoms with van der Waals surface area (Å²) in [7, 11) is 0. The first-order valence-corrected chi connectivity index (χ1v) is 5.52. The number of carbonyl (C=O) groups is 1. The van der Waals surface area contributed by atoms with Gasteiger partial charge in [0.1, 0.15) is 5.69 Å². The largest absolute Gasteiger partial charge is 0.326 e. The number of rotatable bonds is 1. The standard InChI is InChI=1S/C13H11N3O2/c1-9-7-16(13(18)14-9)11-8-15-5-3-2-4-10(15)6-12(11)17/h2-6,8H,1,7H2,(H,14,18). The van der Waals surface area contributed by atoms with Crippen molar-refractivity contribution in [1.82, 2.24) is 9.72 Å². The van der Waals surface area contributed by atoms with Crippen molar-refractivity contribution < 1.29 is 4.79 Å². The highest BCUT2D eigenvalue weighted by Crippen LogP contribution is 2.15. The number of fused-ring (bicyclic) bond motifs is 1. The van der Waals surface area contributed by atoms with E-state index in [0.29, 0.717) is 17.9 Å². The fourth-order valence-corrected chi connectivity index (χ4v) is 2.03. The molecule has 18 heavy (non-hydrogen) atoms. The van der Waals surface area contributed by atoms with E-state index in [1.165, 1.54) is 11.0 Å². The van der Waals surface area contributed by atoms with E-state index in [0.717, 1.165) is 5.52 Å². The zero-order valence-electron chi connectivity index (χ0n) is 9.59. The lowest BCUT2D eigenvalue weighted by Gasteiger charge is -2.13. The molecule has 0 unspecified atom stereocenters. The Morgan fingerprint density at radius 2 is 2.11 bits per heavy atom. The number of nitrogens with zero attached hydrogens (tertiary/aromatic N) is 2. The summed E-state index contributed by atoms with van der Waals surface area (Å²) in [5.41, 5.74) is 1.57. The zero-order chi connectivity index (χ0) is 12.7. The average Bonchev–Trinajstić information content (AvgIpc) is 2.67. The molecule has 5 heteroatoms. The monoisotopic (exact) mass is 241 g/mol. The van der Waals surface area contributed by atoms with Crippen LogP contribution >= 0.6 is 0 Å². The summed E-state index contributed by atoms with van der Waals surface area (Å²) in [6.07, 6.45) is 3.50. The van der Waals surface area contributed by atoms with Gasteiger partial charge in [0.15, 0.2) is 0 Å². The van der Waals surface area contributed by atoms with E-state index in [4.69, 9.17) is 0 Å². The summed E-state index contributed by atoms with van der Waals surface area (Å²) in [6, 6.07) is 6.77. The highest BCUT2D eigenvalue weighted by Gasteiger charge is 2.26. The maximum atomic E-state index is 12.0. The lowest BCUT2D eigenvalue weighted by Crippen LogP contribution is -2.31. The van der Waals surface area contributed by atoms with Gasteiger partial charge < -0.3 is 9.72 Å². The second-order valence-corrected chi connectivity index (χ2v) is 4.18. The van der Waals surface area contributed by atoms with Crippen LogP contribution in [0, 0.1) is 0 Å². The molecule has 2 amide bonds. The van der Waals surface area contributed by atoms with E-state index < -0.39 is 0 Å². The maximum Gasteiger partial charge on any atom is 0.326 e. The summed E-state index contributed by atoms with van der Waals surface area (Å²) in [5, 5.41) is 2.58. The highest BCUT2D eigenvalue weighted by atomic mass is 16.2. The van der Waals surface area contributed by atoms with Gasteiger partial charge in [-0.05, 0) is 12.1 Å². The van der Waals surface area contributed by atoms with Gasteiger partial charge in [0.2, 0.25) is 5.43 Å². The molecule has 2 aromatic rings. The van der Waals surface area contributed by atoms with Gasteiger partial charge in [0, 0.05) is 29.7 Å². The zero-order valence-corrected chi connectivity index (χ0v) is 9.59. The van der Waals surface area contributed by atoms with Crippen LogP contribution in [0.2, 0.25) is 0 Å². The van der Waals surface area contributed by atoms with Crippen molar-refractivity contribution in [3.63, 3.8) is 0 Å². The molecule has 0 aliphatic carbocycles. The number of nitrogens with one attached hydrogen (secondary N) is 1. The van der Waals surface area contributed by atoms with E-state index in [2.05, 4.69) is 11.9 Å². The lowest BCUT2D eigenvalue weighted by molar-refractivity contribution is 0.252. The van der Waals surface area contributed by atoms with Crippen LogP contribution in [0.4, 0.5) is 10.5 Å². The van der Waals surface area contributed by atoms with Gasteiger partial charge in [-0.2, -0.15) is 0 Å². The number of hydrogen-bond donors (Lipinski definition) is 1. The van der Waals surface area contributed by atoms with Crippen LogP contribution < -0.4 is 15.6 Å². The van der Waals surface area contributed by atoms with Crippen LogP contribution in [-0.4, -0.2) is 17.0 Å². The van der Waals surface area contributed by atoms with Gasteiger partial charge in [0.25, 0.3) is 0 Å². The van der Waals surface area contributed by atoms with Gasteiger partial charge in [-0.25, -0.2) is 4.79 Å². The molecule has 3 rings (SSSR count). The van der Waals surface area contributed by atoms with E-state index in [1.54, 1.807) is 6.20 Å². The second kappa shape index (κ2) is 3.73. The molecule has 3 heterocycles. The van der Waals surface area contributed by atoms with Crippen molar-refractivity contribution in [3.05, 3.63) is 59.2 Å². The minimum absolute atomic E-state index is 0.175. The smallest absolute Gasteiger partial charge is 0.322 e. The fourth-order valence-electron chi connectivity index (χ4n) is 2.03. The Morgan fingerprint density at radius 1 is 1.28 bits per heavy atom. The van der Waals surface area contributed by atoms with Crippen molar-refractivity contribution in [3.8, 4) is 0 Å². The Labute approximate surface area is 103 Å². The number of pyridine rings is 2. The summed E-state index contributed by atoms with van der Waals surface area (Å²) in [4.78, 5) is 25.1. The van der Waals surface area contributed by atoms with Crippen LogP contribution in [0.15, 0.2) is 53.7 Å². The summed E-state index contributed by atoms with van der Waals surface area (Å²) in [6.45, 7) is 4.02. The Balaban J connectivity index is 2.18. The molecule has 0 saturated carbocycles. The molecule has 1 fully saturated rings. The van der Waals surface area contributed by atoms with E-state index in [-0.39, 0.29) is 11.5 Å². The molecule has 0 spiro atoms. The number of amides is 2. The SMILES string of the molecule is C=C1CN(c2cn3ccccc3cc2=O)C(=O)N1. The number of hydrogen-bond acceptors (Lipinski definition) is 2. The number of anilines is 1. The Hall–Kier alpha value is -2.56. The Kier molecular flexibility index (Phi) is 2.19. The van der Waals surface area contributed by atoms with Gasteiger partial charge in [-0.3, -0.25) is 9.69 Å². The lowest BCUT2D eigenvalue weighted by atomic mass is 10.3. The fraction of sp³-hybridized carbons (Fsp3) is 0.0769. The van der Waals surface area contributed by atoms with Gasteiger partial charge >= 0.3 is 6.03 Å². The van der Waals surface area contributed by atoms with Crippen molar-refractivity contribution in [2.45, 2.75) is 0 Å².